The number of nitrogens with one attached hydrogen (secondary N) is 3. The molecule has 220 valence electrons. The van der Waals surface area contributed by atoms with Gasteiger partial charge in [0.05, 0.1) is 34.5 Å². The largest absolute Gasteiger partial charge is 0.378 e. The lowest BCUT2D eigenvalue weighted by molar-refractivity contribution is 0.0121. The Bertz CT molecular complexity index is 2040. The maximum absolute atomic E-state index is 6.00. The molecule has 0 bridgehead atoms. The molecule has 8 nitrogen and oxygen atoms in total. The van der Waals surface area contributed by atoms with Crippen LogP contribution in [-0.4, -0.2) is 37.6 Å². The third kappa shape index (κ3) is 4.48. The van der Waals surface area contributed by atoms with Crippen LogP contribution in [0, 0.1) is 25.7 Å². The number of benzene rings is 2. The van der Waals surface area contributed by atoms with Crippen LogP contribution in [0.2, 0.25) is 0 Å². The van der Waals surface area contributed by atoms with Gasteiger partial charge in [0.2, 0.25) is 0 Å². The maximum Gasteiger partial charge on any atom is 0.157 e. The molecule has 1 aliphatic heterocycles. The number of imidazole rings is 1. The third-order valence-corrected chi connectivity index (χ3v) is 9.67. The molecule has 0 spiro atoms. The van der Waals surface area contributed by atoms with Crippen LogP contribution in [0.3, 0.4) is 0 Å². The van der Waals surface area contributed by atoms with Gasteiger partial charge < -0.3 is 20.4 Å². The van der Waals surface area contributed by atoms with E-state index in [1.54, 1.807) is 6.20 Å². The van der Waals surface area contributed by atoms with Crippen molar-refractivity contribution in [2.45, 2.75) is 45.6 Å². The molecule has 4 atom stereocenters. The quantitative estimate of drug-likeness (QED) is 0.183. The van der Waals surface area contributed by atoms with Crippen LogP contribution in [0.4, 0.5) is 22.7 Å². The van der Waals surface area contributed by atoms with Crippen molar-refractivity contribution >= 4 is 44.7 Å². The summed E-state index contributed by atoms with van der Waals surface area (Å²) in [5, 5.41) is 8.21. The van der Waals surface area contributed by atoms with Crippen LogP contribution in [0.15, 0.2) is 79.1 Å². The molecule has 44 heavy (non-hydrogen) atoms. The highest BCUT2D eigenvalue weighted by Gasteiger charge is 2.66. The molecule has 8 heteroatoms. The van der Waals surface area contributed by atoms with Gasteiger partial charge >= 0.3 is 0 Å². The zero-order valence-corrected chi connectivity index (χ0v) is 25.3. The molecule has 8 rings (SSSR count). The second-order valence-corrected chi connectivity index (χ2v) is 12.4. The summed E-state index contributed by atoms with van der Waals surface area (Å²) < 4.78 is 6.00. The van der Waals surface area contributed by atoms with Crippen LogP contribution >= 0.6 is 0 Å². The molecule has 1 aliphatic carbocycles. The SMILES string of the molecule is Cc1cc(Nc2ccc3nc(-c4ccc(Nc5cc(C)nc6ccc(C78CCO[C@H](C)C7[C@H]8C)cc56)cn4)[nH]c3c2)ccn1. The van der Waals surface area contributed by atoms with Gasteiger partial charge in [0.1, 0.15) is 5.69 Å². The molecule has 6 aromatic rings. The Labute approximate surface area is 256 Å². The topological polar surface area (TPSA) is 101 Å². The fourth-order valence-electron chi connectivity index (χ4n) is 7.52. The van der Waals surface area contributed by atoms with Crippen molar-refractivity contribution in [3.63, 3.8) is 0 Å². The van der Waals surface area contributed by atoms with Gasteiger partial charge in [0, 0.05) is 52.1 Å². The Morgan fingerprint density at radius 3 is 2.50 bits per heavy atom. The first-order valence-electron chi connectivity index (χ1n) is 15.3. The fourth-order valence-corrected chi connectivity index (χ4v) is 7.52. The van der Waals surface area contributed by atoms with E-state index in [2.05, 4.69) is 70.8 Å². The zero-order chi connectivity index (χ0) is 30.0. The Hall–Kier alpha value is -4.82. The summed E-state index contributed by atoms with van der Waals surface area (Å²) >= 11 is 0. The average Bonchev–Trinajstić information content (AvgIpc) is 3.42. The highest BCUT2D eigenvalue weighted by molar-refractivity contribution is 5.94. The predicted octanol–water partition coefficient (Wildman–Crippen LogP) is 7.98. The third-order valence-electron chi connectivity index (χ3n) is 9.67. The number of aromatic amines is 1. The molecule has 3 N–H and O–H groups in total. The molecule has 0 radical (unpaired) electrons. The Morgan fingerprint density at radius 2 is 1.66 bits per heavy atom. The molecule has 4 aromatic heterocycles. The van der Waals surface area contributed by atoms with E-state index in [9.17, 15) is 0 Å². The Kier molecular flexibility index (Phi) is 6.17. The van der Waals surface area contributed by atoms with E-state index in [0.717, 1.165) is 80.6 Å². The van der Waals surface area contributed by atoms with Crippen molar-refractivity contribution in [1.82, 2.24) is 24.9 Å². The van der Waals surface area contributed by atoms with E-state index in [1.165, 1.54) is 5.56 Å². The number of hydrogen-bond acceptors (Lipinski definition) is 7. The molecular formula is C36H35N7O. The first-order valence-corrected chi connectivity index (χ1v) is 15.3. The van der Waals surface area contributed by atoms with Crippen molar-refractivity contribution in [1.29, 1.82) is 0 Å². The van der Waals surface area contributed by atoms with Gasteiger partial charge in [-0.2, -0.15) is 0 Å². The minimum Gasteiger partial charge on any atom is -0.378 e. The Morgan fingerprint density at radius 1 is 0.818 bits per heavy atom. The summed E-state index contributed by atoms with van der Waals surface area (Å²) in [6, 6.07) is 23.1. The predicted molar refractivity (Wildman–Crippen MR) is 176 cm³/mol. The van der Waals surface area contributed by atoms with Crippen molar-refractivity contribution in [3.8, 4) is 11.5 Å². The van der Waals surface area contributed by atoms with E-state index in [1.807, 2.05) is 50.4 Å². The molecule has 5 heterocycles. The molecule has 1 saturated carbocycles. The Balaban J connectivity index is 1.05. The molecule has 1 saturated heterocycles. The van der Waals surface area contributed by atoms with Crippen molar-refractivity contribution in [3.05, 3.63) is 96.1 Å². The number of aromatic nitrogens is 5. The van der Waals surface area contributed by atoms with E-state index in [0.29, 0.717) is 17.9 Å². The number of fused-ring (bicyclic) bond motifs is 3. The standard InChI is InChI=1S/C36H35N7O/c1-20-15-26(11-13-37-20)40-25-6-9-30-33(18-25)43-35(42-30)31-10-7-27(19-38-31)41-32-16-21(2)39-29-8-5-24(17-28(29)32)36-12-14-44-23(4)34(36)22(36)3/h5-11,13,15-19,22-23,34H,12,14H2,1-4H3,(H,37,40)(H,39,41)(H,42,43)/t22-,23-,34?,36?/m1/s1. The lowest BCUT2D eigenvalue weighted by atomic mass is 9.85. The van der Waals surface area contributed by atoms with E-state index in [4.69, 9.17) is 19.7 Å². The van der Waals surface area contributed by atoms with Gasteiger partial charge in [-0.05, 0) is 105 Å². The minimum atomic E-state index is 0.207. The number of anilines is 4. The smallest absolute Gasteiger partial charge is 0.157 e. The molecule has 2 aromatic carbocycles. The summed E-state index contributed by atoms with van der Waals surface area (Å²) in [6.45, 7) is 9.45. The fraction of sp³-hybridized carbons (Fsp3) is 0.278. The van der Waals surface area contributed by atoms with E-state index in [-0.39, 0.29) is 5.41 Å². The number of ether oxygens (including phenoxy) is 1. The summed E-state index contributed by atoms with van der Waals surface area (Å²) in [7, 11) is 0. The number of pyridine rings is 3. The number of aryl methyl sites for hydroxylation is 2. The highest BCUT2D eigenvalue weighted by atomic mass is 16.5. The second-order valence-electron chi connectivity index (χ2n) is 12.4. The summed E-state index contributed by atoms with van der Waals surface area (Å²) in [6.07, 6.45) is 5.05. The van der Waals surface area contributed by atoms with Crippen LogP contribution in [0.5, 0.6) is 0 Å². The number of rotatable bonds is 6. The van der Waals surface area contributed by atoms with E-state index >= 15 is 0 Å². The van der Waals surface area contributed by atoms with Gasteiger partial charge in [0.15, 0.2) is 5.82 Å². The van der Waals surface area contributed by atoms with E-state index < -0.39 is 0 Å². The number of hydrogen-bond donors (Lipinski definition) is 3. The molecule has 0 amide bonds. The van der Waals surface area contributed by atoms with Crippen molar-refractivity contribution in [2.75, 3.05) is 17.2 Å². The molecular weight excluding hydrogens is 546 g/mol. The number of H-pyrrole nitrogens is 1. The highest BCUT2D eigenvalue weighted by Crippen LogP contribution is 2.66. The first kappa shape index (κ1) is 26.8. The van der Waals surface area contributed by atoms with Crippen molar-refractivity contribution in [2.24, 2.45) is 11.8 Å². The normalized spacial score (nSPS) is 22.6. The zero-order valence-electron chi connectivity index (χ0n) is 25.3. The van der Waals surface area contributed by atoms with Crippen LogP contribution < -0.4 is 10.6 Å². The van der Waals surface area contributed by atoms with Gasteiger partial charge in [-0.15, -0.1) is 0 Å². The lowest BCUT2D eigenvalue weighted by Gasteiger charge is -2.27. The van der Waals surface area contributed by atoms with Crippen LogP contribution in [-0.2, 0) is 10.2 Å². The first-order chi connectivity index (χ1) is 21.4. The minimum absolute atomic E-state index is 0.207. The molecule has 2 fully saturated rings. The summed E-state index contributed by atoms with van der Waals surface area (Å²) in [5.41, 5.74) is 11.1. The molecule has 2 aliphatic rings. The lowest BCUT2D eigenvalue weighted by Crippen LogP contribution is -2.27. The van der Waals surface area contributed by atoms with Gasteiger partial charge in [-0.1, -0.05) is 13.0 Å². The average molecular weight is 582 g/mol. The van der Waals surface area contributed by atoms with Crippen LogP contribution in [0.25, 0.3) is 33.5 Å². The number of nitrogens with zero attached hydrogens (tertiary/aromatic N) is 4. The second kappa shape index (κ2) is 10.1. The summed E-state index contributed by atoms with van der Waals surface area (Å²) in [4.78, 5) is 22.1. The van der Waals surface area contributed by atoms with Crippen molar-refractivity contribution < 1.29 is 4.74 Å². The summed E-state index contributed by atoms with van der Waals surface area (Å²) in [5.74, 6) is 1.93. The maximum atomic E-state index is 6.00. The molecule has 2 unspecified atom stereocenters. The van der Waals surface area contributed by atoms with Gasteiger partial charge in [-0.3, -0.25) is 15.0 Å². The van der Waals surface area contributed by atoms with Gasteiger partial charge in [-0.25, -0.2) is 4.98 Å². The van der Waals surface area contributed by atoms with Gasteiger partial charge in [0.25, 0.3) is 0 Å². The van der Waals surface area contributed by atoms with Crippen LogP contribution in [0.1, 0.15) is 37.2 Å². The monoisotopic (exact) mass is 581 g/mol.